The summed E-state index contributed by atoms with van der Waals surface area (Å²) >= 11 is 6.32. The summed E-state index contributed by atoms with van der Waals surface area (Å²) in [6, 6.07) is 16.1. The number of alkyl halides is 3. The second-order valence-corrected chi connectivity index (χ2v) is 6.88. The molecule has 0 fully saturated rings. The molecule has 2 heterocycles. The molecule has 152 valence electrons. The van der Waals surface area contributed by atoms with Crippen LogP contribution in [0.5, 0.6) is 0 Å². The molecule has 2 aromatic heterocycles. The van der Waals surface area contributed by atoms with Crippen LogP contribution in [-0.4, -0.2) is 21.0 Å². The van der Waals surface area contributed by atoms with E-state index in [9.17, 15) is 13.2 Å². The number of halogens is 4. The lowest BCUT2D eigenvalue weighted by molar-refractivity contribution is -0.137. The van der Waals surface area contributed by atoms with E-state index in [4.69, 9.17) is 11.6 Å². The first-order valence-corrected chi connectivity index (χ1v) is 9.28. The van der Waals surface area contributed by atoms with Crippen molar-refractivity contribution >= 4 is 34.5 Å². The quantitative estimate of drug-likeness (QED) is 0.251. The molecular weight excluding hydrogens is 415 g/mol. The van der Waals surface area contributed by atoms with Crippen LogP contribution in [0.2, 0.25) is 5.15 Å². The standard InChI is InChI=1S/C21H15ClF3N5/c1-13-18-10-14(12-26-28-16-7-5-6-15(11-16)21(23,24)25)19(22)27-20(18)30(29-13)17-8-3-2-4-9-17/h2-12,28H,1H3/b26-12+. The Hall–Kier alpha value is -3.39. The molecule has 0 bridgehead atoms. The van der Waals surface area contributed by atoms with Gasteiger partial charge in [0.2, 0.25) is 0 Å². The maximum absolute atomic E-state index is 12.8. The van der Waals surface area contributed by atoms with Gasteiger partial charge in [0.15, 0.2) is 5.65 Å². The molecule has 5 nitrogen and oxygen atoms in total. The molecule has 4 aromatic rings. The van der Waals surface area contributed by atoms with Gasteiger partial charge in [0.05, 0.1) is 28.8 Å². The predicted molar refractivity (Wildman–Crippen MR) is 111 cm³/mol. The number of benzene rings is 2. The van der Waals surface area contributed by atoms with Gasteiger partial charge in [0.25, 0.3) is 0 Å². The molecule has 0 amide bonds. The molecule has 0 radical (unpaired) electrons. The SMILES string of the molecule is Cc1nn(-c2ccccc2)c2nc(Cl)c(/C=N/Nc3cccc(C(F)(F)F)c3)cc12. The van der Waals surface area contributed by atoms with Gasteiger partial charge in [0.1, 0.15) is 5.15 Å². The van der Waals surface area contributed by atoms with Gasteiger partial charge in [-0.15, -0.1) is 0 Å². The average molecular weight is 430 g/mol. The number of nitrogens with one attached hydrogen (secondary N) is 1. The number of rotatable bonds is 4. The van der Waals surface area contributed by atoms with Gasteiger partial charge in [0, 0.05) is 10.9 Å². The van der Waals surface area contributed by atoms with E-state index in [0.29, 0.717) is 11.2 Å². The number of nitrogens with zero attached hydrogens (tertiary/aromatic N) is 4. The number of hydrogen-bond donors (Lipinski definition) is 1. The first-order chi connectivity index (χ1) is 14.3. The van der Waals surface area contributed by atoms with Crippen LogP contribution in [0.15, 0.2) is 65.8 Å². The Balaban J connectivity index is 1.63. The Morgan fingerprint density at radius 1 is 1.07 bits per heavy atom. The van der Waals surface area contributed by atoms with Crippen LogP contribution in [0.4, 0.5) is 18.9 Å². The fourth-order valence-corrected chi connectivity index (χ4v) is 3.14. The largest absolute Gasteiger partial charge is 0.416 e. The lowest BCUT2D eigenvalue weighted by Crippen LogP contribution is -2.05. The van der Waals surface area contributed by atoms with Gasteiger partial charge >= 0.3 is 6.18 Å². The van der Waals surface area contributed by atoms with Crippen molar-refractivity contribution in [2.24, 2.45) is 5.10 Å². The molecule has 0 spiro atoms. The van der Waals surface area contributed by atoms with Crippen molar-refractivity contribution in [2.75, 3.05) is 5.43 Å². The summed E-state index contributed by atoms with van der Waals surface area (Å²) in [6.45, 7) is 1.86. The zero-order valence-electron chi connectivity index (χ0n) is 15.7. The summed E-state index contributed by atoms with van der Waals surface area (Å²) in [5, 5.41) is 9.53. The first-order valence-electron chi connectivity index (χ1n) is 8.90. The number of aromatic nitrogens is 3. The Kier molecular flexibility index (Phi) is 5.17. The number of hydrogen-bond acceptors (Lipinski definition) is 4. The highest BCUT2D eigenvalue weighted by atomic mass is 35.5. The van der Waals surface area contributed by atoms with Crippen molar-refractivity contribution in [1.82, 2.24) is 14.8 Å². The zero-order chi connectivity index (χ0) is 21.3. The number of aryl methyl sites for hydroxylation is 1. The van der Waals surface area contributed by atoms with Crippen molar-refractivity contribution in [2.45, 2.75) is 13.1 Å². The summed E-state index contributed by atoms with van der Waals surface area (Å²) in [7, 11) is 0. The molecular formula is C21H15ClF3N5. The molecule has 0 saturated carbocycles. The molecule has 4 rings (SSSR count). The fourth-order valence-electron chi connectivity index (χ4n) is 2.96. The van der Waals surface area contributed by atoms with Crippen molar-refractivity contribution in [3.8, 4) is 5.69 Å². The van der Waals surface area contributed by atoms with Crippen molar-refractivity contribution in [3.63, 3.8) is 0 Å². The third kappa shape index (κ3) is 3.99. The smallest absolute Gasteiger partial charge is 0.278 e. The molecule has 0 aliphatic heterocycles. The Bertz CT molecular complexity index is 1230. The Morgan fingerprint density at radius 2 is 1.83 bits per heavy atom. The molecule has 30 heavy (non-hydrogen) atoms. The fraction of sp³-hybridized carbons (Fsp3) is 0.0952. The summed E-state index contributed by atoms with van der Waals surface area (Å²) in [4.78, 5) is 4.44. The van der Waals surface area contributed by atoms with E-state index in [-0.39, 0.29) is 10.8 Å². The highest BCUT2D eigenvalue weighted by molar-refractivity contribution is 6.32. The minimum atomic E-state index is -4.42. The predicted octanol–water partition coefficient (Wildman–Crippen LogP) is 5.85. The van der Waals surface area contributed by atoms with E-state index in [2.05, 4.69) is 20.6 Å². The third-order valence-corrected chi connectivity index (χ3v) is 4.71. The molecule has 0 unspecified atom stereocenters. The van der Waals surface area contributed by atoms with Crippen LogP contribution in [-0.2, 0) is 6.18 Å². The number of hydrazone groups is 1. The van der Waals surface area contributed by atoms with Gasteiger partial charge in [-0.3, -0.25) is 5.43 Å². The molecule has 9 heteroatoms. The summed E-state index contributed by atoms with van der Waals surface area (Å²) in [5.74, 6) is 0. The molecule has 1 N–H and O–H groups in total. The molecule has 0 atom stereocenters. The van der Waals surface area contributed by atoms with Crippen LogP contribution in [0, 0.1) is 6.92 Å². The Labute approximate surface area is 174 Å². The van der Waals surface area contributed by atoms with Crippen LogP contribution in [0.1, 0.15) is 16.8 Å². The lowest BCUT2D eigenvalue weighted by Gasteiger charge is -2.08. The second-order valence-electron chi connectivity index (χ2n) is 6.52. The van der Waals surface area contributed by atoms with Crippen molar-refractivity contribution in [3.05, 3.63) is 82.6 Å². The number of para-hydroxylation sites is 1. The molecule has 0 aliphatic carbocycles. The minimum absolute atomic E-state index is 0.203. The van der Waals surface area contributed by atoms with E-state index < -0.39 is 11.7 Å². The normalized spacial score (nSPS) is 12.0. The van der Waals surface area contributed by atoms with Crippen LogP contribution in [0.25, 0.3) is 16.7 Å². The van der Waals surface area contributed by atoms with Gasteiger partial charge < -0.3 is 0 Å². The van der Waals surface area contributed by atoms with Crippen LogP contribution in [0.3, 0.4) is 0 Å². The van der Waals surface area contributed by atoms with E-state index in [1.165, 1.54) is 18.3 Å². The minimum Gasteiger partial charge on any atom is -0.278 e. The van der Waals surface area contributed by atoms with Gasteiger partial charge in [-0.25, -0.2) is 9.67 Å². The topological polar surface area (TPSA) is 55.1 Å². The zero-order valence-corrected chi connectivity index (χ0v) is 16.4. The monoisotopic (exact) mass is 429 g/mol. The maximum Gasteiger partial charge on any atom is 0.416 e. The van der Waals surface area contributed by atoms with Crippen molar-refractivity contribution < 1.29 is 13.2 Å². The van der Waals surface area contributed by atoms with Gasteiger partial charge in [-0.05, 0) is 43.3 Å². The van der Waals surface area contributed by atoms with Crippen LogP contribution < -0.4 is 5.43 Å². The number of anilines is 1. The number of pyridine rings is 1. The summed E-state index contributed by atoms with van der Waals surface area (Å²) in [5.41, 5.74) is 4.77. The maximum atomic E-state index is 12.8. The van der Waals surface area contributed by atoms with Gasteiger partial charge in [-0.1, -0.05) is 35.9 Å². The van der Waals surface area contributed by atoms with E-state index in [1.807, 2.05) is 37.3 Å². The highest BCUT2D eigenvalue weighted by Crippen LogP contribution is 2.30. The number of fused-ring (bicyclic) bond motifs is 1. The molecule has 0 aliphatic rings. The van der Waals surface area contributed by atoms with Crippen LogP contribution >= 0.6 is 11.6 Å². The molecule has 0 saturated heterocycles. The average Bonchev–Trinajstić information content (AvgIpc) is 3.04. The summed E-state index contributed by atoms with van der Waals surface area (Å²) in [6.07, 6.45) is -3.01. The Morgan fingerprint density at radius 3 is 2.57 bits per heavy atom. The summed E-state index contributed by atoms with van der Waals surface area (Å²) < 4.78 is 40.2. The lowest BCUT2D eigenvalue weighted by atomic mass is 10.2. The van der Waals surface area contributed by atoms with Crippen molar-refractivity contribution in [1.29, 1.82) is 0 Å². The highest BCUT2D eigenvalue weighted by Gasteiger charge is 2.30. The molecule has 2 aromatic carbocycles. The van der Waals surface area contributed by atoms with E-state index >= 15 is 0 Å². The second kappa shape index (κ2) is 7.79. The van der Waals surface area contributed by atoms with E-state index in [0.717, 1.165) is 28.9 Å². The van der Waals surface area contributed by atoms with Gasteiger partial charge in [-0.2, -0.15) is 23.4 Å². The first kappa shape index (κ1) is 19.9. The third-order valence-electron chi connectivity index (χ3n) is 4.41. The van der Waals surface area contributed by atoms with E-state index in [1.54, 1.807) is 10.7 Å².